The van der Waals surface area contributed by atoms with E-state index in [9.17, 15) is 9.59 Å². The lowest BCUT2D eigenvalue weighted by Gasteiger charge is -2.17. The Labute approximate surface area is 141 Å². The molecule has 0 aromatic heterocycles. The van der Waals surface area contributed by atoms with Crippen molar-refractivity contribution < 1.29 is 9.59 Å². The third-order valence-corrected chi connectivity index (χ3v) is 4.65. The summed E-state index contributed by atoms with van der Waals surface area (Å²) in [7, 11) is 0. The molecule has 0 saturated carbocycles. The number of nitrogens with zero attached hydrogens (tertiary/aromatic N) is 1. The number of likely N-dealkylation sites (tertiary alicyclic amines) is 1. The van der Waals surface area contributed by atoms with Crippen molar-refractivity contribution in [3.63, 3.8) is 0 Å². The summed E-state index contributed by atoms with van der Waals surface area (Å²) in [5.74, 6) is -0.154. The Morgan fingerprint density at radius 3 is 2.38 bits per heavy atom. The van der Waals surface area contributed by atoms with Crippen LogP contribution in [0.1, 0.15) is 32.2 Å². The van der Waals surface area contributed by atoms with Gasteiger partial charge in [-0.05, 0) is 36.2 Å². The predicted molar refractivity (Wildman–Crippen MR) is 92.6 cm³/mol. The van der Waals surface area contributed by atoms with E-state index in [1.165, 1.54) is 5.56 Å². The van der Waals surface area contributed by atoms with Crippen molar-refractivity contribution in [1.29, 1.82) is 0 Å². The Bertz CT molecular complexity index is 745. The normalized spacial score (nSPS) is 20.1. The summed E-state index contributed by atoms with van der Waals surface area (Å²) in [4.78, 5) is 25.9. The molecule has 2 atom stereocenters. The fourth-order valence-corrected chi connectivity index (χ4v) is 3.34. The molecular formula is C19H21N3O2. The van der Waals surface area contributed by atoms with E-state index in [1.54, 1.807) is 24.3 Å². The Balaban J connectivity index is 1.82. The second-order valence-electron chi connectivity index (χ2n) is 6.17. The molecule has 24 heavy (non-hydrogen) atoms. The molecule has 0 spiro atoms. The minimum atomic E-state index is -0.534. The van der Waals surface area contributed by atoms with Crippen molar-refractivity contribution in [3.8, 4) is 0 Å². The van der Waals surface area contributed by atoms with Crippen molar-refractivity contribution in [3.05, 3.63) is 71.3 Å². The van der Waals surface area contributed by atoms with Gasteiger partial charge in [-0.2, -0.15) is 0 Å². The van der Waals surface area contributed by atoms with Crippen LogP contribution in [0.2, 0.25) is 0 Å². The molecule has 0 aliphatic carbocycles. The van der Waals surface area contributed by atoms with E-state index in [0.29, 0.717) is 30.8 Å². The molecule has 1 fully saturated rings. The number of hydrogen-bond acceptors (Lipinski definition) is 3. The molecule has 5 nitrogen and oxygen atoms in total. The first-order chi connectivity index (χ1) is 11.6. The van der Waals surface area contributed by atoms with Gasteiger partial charge in [0.1, 0.15) is 0 Å². The van der Waals surface area contributed by atoms with Crippen LogP contribution in [0.4, 0.5) is 0 Å². The summed E-state index contributed by atoms with van der Waals surface area (Å²) in [5.41, 5.74) is 13.3. The standard InChI is InChI=1S/C19H21N3O2/c20-10-16-11-22(12-17(16)13-5-2-1-3-6-13)19(24)15-8-4-7-14(9-15)18(21)23/h1-9,16-17H,10-12,20H2,(H2,21,23)/t16-,17+/m1/s1. The molecule has 1 aliphatic heterocycles. The molecule has 2 aromatic carbocycles. The van der Waals surface area contributed by atoms with Crippen molar-refractivity contribution >= 4 is 11.8 Å². The first-order valence-electron chi connectivity index (χ1n) is 8.04. The van der Waals surface area contributed by atoms with Crippen LogP contribution in [0.3, 0.4) is 0 Å². The van der Waals surface area contributed by atoms with Crippen LogP contribution in [0, 0.1) is 5.92 Å². The lowest BCUT2D eigenvalue weighted by molar-refractivity contribution is 0.0786. The maximum Gasteiger partial charge on any atom is 0.253 e. The van der Waals surface area contributed by atoms with Crippen molar-refractivity contribution in [2.24, 2.45) is 17.4 Å². The molecule has 124 valence electrons. The predicted octanol–water partition coefficient (Wildman–Crippen LogP) is 1.60. The highest BCUT2D eigenvalue weighted by molar-refractivity contribution is 5.99. The number of carbonyl (C=O) groups is 2. The second-order valence-corrected chi connectivity index (χ2v) is 6.17. The monoisotopic (exact) mass is 323 g/mol. The molecule has 2 amide bonds. The molecule has 3 rings (SSSR count). The number of primary amides is 1. The number of benzene rings is 2. The first-order valence-corrected chi connectivity index (χ1v) is 8.04. The summed E-state index contributed by atoms with van der Waals surface area (Å²) < 4.78 is 0. The Kier molecular flexibility index (Phi) is 4.62. The third-order valence-electron chi connectivity index (χ3n) is 4.65. The largest absolute Gasteiger partial charge is 0.366 e. The minimum absolute atomic E-state index is 0.0880. The molecule has 2 aromatic rings. The van der Waals surface area contributed by atoms with Gasteiger partial charge in [-0.25, -0.2) is 0 Å². The van der Waals surface area contributed by atoms with Gasteiger partial charge in [-0.15, -0.1) is 0 Å². The Morgan fingerprint density at radius 2 is 1.71 bits per heavy atom. The molecule has 4 N–H and O–H groups in total. The van der Waals surface area contributed by atoms with E-state index < -0.39 is 5.91 Å². The fourth-order valence-electron chi connectivity index (χ4n) is 3.34. The SMILES string of the molecule is NC[C@@H]1CN(C(=O)c2cccc(C(N)=O)c2)C[C@H]1c1ccccc1. The fraction of sp³-hybridized carbons (Fsp3) is 0.263. The third kappa shape index (κ3) is 3.16. The topological polar surface area (TPSA) is 89.4 Å². The number of nitrogens with two attached hydrogens (primary N) is 2. The van der Waals surface area contributed by atoms with Crippen LogP contribution in [0.25, 0.3) is 0 Å². The lowest BCUT2D eigenvalue weighted by atomic mass is 9.89. The van der Waals surface area contributed by atoms with Gasteiger partial charge in [0.25, 0.3) is 5.91 Å². The van der Waals surface area contributed by atoms with Gasteiger partial charge in [0, 0.05) is 30.1 Å². The smallest absolute Gasteiger partial charge is 0.253 e. The highest BCUT2D eigenvalue weighted by Crippen LogP contribution is 2.32. The molecule has 1 heterocycles. The Morgan fingerprint density at radius 1 is 1.00 bits per heavy atom. The van der Waals surface area contributed by atoms with Crippen LogP contribution >= 0.6 is 0 Å². The van der Waals surface area contributed by atoms with Gasteiger partial charge in [0.05, 0.1) is 0 Å². The number of amides is 2. The minimum Gasteiger partial charge on any atom is -0.366 e. The number of hydrogen-bond donors (Lipinski definition) is 2. The van der Waals surface area contributed by atoms with E-state index in [-0.39, 0.29) is 17.7 Å². The summed E-state index contributed by atoms with van der Waals surface area (Å²) in [6.45, 7) is 1.78. The summed E-state index contributed by atoms with van der Waals surface area (Å²) in [6.07, 6.45) is 0. The first kappa shape index (κ1) is 16.2. The average Bonchev–Trinajstić information content (AvgIpc) is 3.06. The van der Waals surface area contributed by atoms with Crippen molar-refractivity contribution in [2.75, 3.05) is 19.6 Å². The Hall–Kier alpha value is -2.66. The van der Waals surface area contributed by atoms with Gasteiger partial charge in [-0.1, -0.05) is 36.4 Å². The van der Waals surface area contributed by atoms with Gasteiger partial charge in [0.15, 0.2) is 0 Å². The van der Waals surface area contributed by atoms with Gasteiger partial charge in [-0.3, -0.25) is 9.59 Å². The zero-order valence-electron chi connectivity index (χ0n) is 13.4. The van der Waals surface area contributed by atoms with Crippen LogP contribution in [0.5, 0.6) is 0 Å². The van der Waals surface area contributed by atoms with Gasteiger partial charge < -0.3 is 16.4 Å². The maximum atomic E-state index is 12.8. The van der Waals surface area contributed by atoms with Crippen LogP contribution in [0.15, 0.2) is 54.6 Å². The van der Waals surface area contributed by atoms with E-state index in [2.05, 4.69) is 12.1 Å². The zero-order valence-corrected chi connectivity index (χ0v) is 13.4. The van der Waals surface area contributed by atoms with Crippen molar-refractivity contribution in [2.45, 2.75) is 5.92 Å². The summed E-state index contributed by atoms with van der Waals surface area (Å²) in [5, 5.41) is 0. The summed E-state index contributed by atoms with van der Waals surface area (Å²) in [6, 6.07) is 16.7. The van der Waals surface area contributed by atoms with Crippen LogP contribution < -0.4 is 11.5 Å². The van der Waals surface area contributed by atoms with Crippen molar-refractivity contribution in [1.82, 2.24) is 4.90 Å². The molecule has 1 saturated heterocycles. The molecule has 5 heteroatoms. The van der Waals surface area contributed by atoms with E-state index in [1.807, 2.05) is 23.1 Å². The maximum absolute atomic E-state index is 12.8. The average molecular weight is 323 g/mol. The molecule has 0 bridgehead atoms. The quantitative estimate of drug-likeness (QED) is 0.895. The van der Waals surface area contributed by atoms with E-state index in [0.717, 1.165) is 0 Å². The number of carbonyl (C=O) groups excluding carboxylic acids is 2. The summed E-state index contributed by atoms with van der Waals surface area (Å²) >= 11 is 0. The number of rotatable bonds is 4. The van der Waals surface area contributed by atoms with E-state index in [4.69, 9.17) is 11.5 Å². The molecule has 0 radical (unpaired) electrons. The highest BCUT2D eigenvalue weighted by atomic mass is 16.2. The lowest BCUT2D eigenvalue weighted by Crippen LogP contribution is -2.30. The van der Waals surface area contributed by atoms with Gasteiger partial charge >= 0.3 is 0 Å². The molecular weight excluding hydrogens is 302 g/mol. The van der Waals surface area contributed by atoms with Crippen LogP contribution in [-0.4, -0.2) is 36.3 Å². The zero-order chi connectivity index (χ0) is 17.1. The highest BCUT2D eigenvalue weighted by Gasteiger charge is 2.35. The van der Waals surface area contributed by atoms with Gasteiger partial charge in [0.2, 0.25) is 5.91 Å². The van der Waals surface area contributed by atoms with Crippen LogP contribution in [-0.2, 0) is 0 Å². The molecule has 0 unspecified atom stereocenters. The van der Waals surface area contributed by atoms with E-state index >= 15 is 0 Å². The second kappa shape index (κ2) is 6.84. The molecule has 1 aliphatic rings.